The Balaban J connectivity index is 3.93. The Hall–Kier alpha value is -1.18. The molecule has 88 valence electrons. The summed E-state index contributed by atoms with van der Waals surface area (Å²) in [5.41, 5.74) is 5.27. The third kappa shape index (κ3) is 6.83. The number of carbonyl (C=O) groups is 2. The van der Waals surface area contributed by atoms with E-state index in [0.29, 0.717) is 19.4 Å². The Bertz CT molecular complexity index is 210. The Morgan fingerprint density at radius 3 is 2.53 bits per heavy atom. The van der Waals surface area contributed by atoms with Gasteiger partial charge in [0.05, 0.1) is 0 Å². The maximum atomic E-state index is 11.0. The van der Waals surface area contributed by atoms with Crippen LogP contribution in [0.5, 0.6) is 0 Å². The van der Waals surface area contributed by atoms with Gasteiger partial charge in [0, 0.05) is 0 Å². The largest absolute Gasteiger partial charge is 0.480 e. The number of hydrogen-bond donors (Lipinski definition) is 4. The highest BCUT2D eigenvalue weighted by Gasteiger charge is 2.18. The Kier molecular flexibility index (Phi) is 7.51. The molecule has 0 heterocycles. The van der Waals surface area contributed by atoms with Crippen LogP contribution in [0.3, 0.4) is 0 Å². The maximum Gasteiger partial charge on any atom is 0.326 e. The summed E-state index contributed by atoms with van der Waals surface area (Å²) in [5.74, 6) is 3.06. The quantitative estimate of drug-likeness (QED) is 0.293. The van der Waals surface area contributed by atoms with Crippen molar-refractivity contribution in [3.05, 3.63) is 0 Å². The molecule has 0 aliphatic carbocycles. The van der Waals surface area contributed by atoms with E-state index >= 15 is 0 Å². The van der Waals surface area contributed by atoms with E-state index in [0.717, 1.165) is 6.42 Å². The number of rotatable bonds is 8. The molecule has 0 fully saturated rings. The lowest BCUT2D eigenvalue weighted by Gasteiger charge is -2.13. The molecular weight excluding hydrogens is 202 g/mol. The predicted octanol–water partition coefficient (Wildman–Crippen LogP) is -1.42. The van der Waals surface area contributed by atoms with Crippen LogP contribution in [0, 0.1) is 0 Å². The molecule has 0 aromatic carbocycles. The van der Waals surface area contributed by atoms with Gasteiger partial charge in [-0.15, -0.1) is 0 Å². The first-order valence-electron chi connectivity index (χ1n) is 4.65. The highest BCUT2D eigenvalue weighted by atomic mass is 16.6. The molecular formula is C8H17N3O4. The zero-order valence-electron chi connectivity index (χ0n) is 8.44. The fourth-order valence-corrected chi connectivity index (χ4v) is 1.06. The molecule has 15 heavy (non-hydrogen) atoms. The summed E-state index contributed by atoms with van der Waals surface area (Å²) in [6.07, 6.45) is 1.73. The smallest absolute Gasteiger partial charge is 0.326 e. The molecule has 6 N–H and O–H groups in total. The monoisotopic (exact) mass is 219 g/mol. The van der Waals surface area contributed by atoms with E-state index in [4.69, 9.17) is 10.8 Å². The summed E-state index contributed by atoms with van der Waals surface area (Å²) >= 11 is 0. The highest BCUT2D eigenvalue weighted by molar-refractivity contribution is 5.84. The minimum atomic E-state index is -1.07. The first-order valence-corrected chi connectivity index (χ1v) is 4.65. The number of hydrogen-bond acceptors (Lipinski definition) is 5. The number of nitrogens with two attached hydrogens (primary N) is 2. The van der Waals surface area contributed by atoms with Crippen LogP contribution in [-0.2, 0) is 14.4 Å². The fraction of sp³-hybridized carbons (Fsp3) is 0.750. The van der Waals surface area contributed by atoms with E-state index in [-0.39, 0.29) is 6.61 Å². The van der Waals surface area contributed by atoms with Crippen LogP contribution >= 0.6 is 0 Å². The van der Waals surface area contributed by atoms with Crippen LogP contribution in [0.25, 0.3) is 0 Å². The summed E-state index contributed by atoms with van der Waals surface area (Å²) in [7, 11) is 0. The topological polar surface area (TPSA) is 128 Å². The summed E-state index contributed by atoms with van der Waals surface area (Å²) in [6.45, 7) is 0.160. The minimum Gasteiger partial charge on any atom is -0.480 e. The van der Waals surface area contributed by atoms with Gasteiger partial charge in [-0.05, 0) is 25.8 Å². The van der Waals surface area contributed by atoms with Gasteiger partial charge in [-0.25, -0.2) is 10.7 Å². The molecule has 0 aliphatic heterocycles. The molecule has 1 atom stereocenters. The number of carbonyl (C=O) groups excluding carboxylic acids is 1. The predicted molar refractivity (Wildman–Crippen MR) is 52.6 cm³/mol. The molecule has 0 bridgehead atoms. The molecule has 0 aromatic rings. The second kappa shape index (κ2) is 8.16. The van der Waals surface area contributed by atoms with Crippen molar-refractivity contribution in [1.82, 2.24) is 5.32 Å². The average Bonchev–Trinajstić information content (AvgIpc) is 2.16. The van der Waals surface area contributed by atoms with Crippen LogP contribution in [0.2, 0.25) is 0 Å². The van der Waals surface area contributed by atoms with E-state index in [1.165, 1.54) is 0 Å². The third-order valence-electron chi connectivity index (χ3n) is 1.79. The van der Waals surface area contributed by atoms with E-state index in [1.54, 1.807) is 0 Å². The van der Waals surface area contributed by atoms with Crippen LogP contribution in [0.15, 0.2) is 0 Å². The number of amides is 1. The van der Waals surface area contributed by atoms with Crippen molar-refractivity contribution in [2.45, 2.75) is 25.3 Å². The summed E-state index contributed by atoms with van der Waals surface area (Å²) in [4.78, 5) is 25.8. The molecule has 0 spiro atoms. The van der Waals surface area contributed by atoms with Crippen molar-refractivity contribution in [3.8, 4) is 0 Å². The van der Waals surface area contributed by atoms with Crippen molar-refractivity contribution in [1.29, 1.82) is 0 Å². The number of unbranched alkanes of at least 4 members (excludes halogenated alkanes) is 1. The standard InChI is InChI=1S/C8H17N3O4/c9-4-2-1-3-6(8(13)14)11-7(12)5-15-10/h6H,1-5,9-10H2,(H,11,12)(H,13,14)/t6-/m0/s1. The minimum absolute atomic E-state index is 0.347. The van der Waals surface area contributed by atoms with E-state index in [1.807, 2.05) is 0 Å². The number of carboxylic acid groups (broad SMARTS) is 1. The molecule has 7 heteroatoms. The lowest BCUT2D eigenvalue weighted by Crippen LogP contribution is -2.42. The fourth-order valence-electron chi connectivity index (χ4n) is 1.06. The Morgan fingerprint density at radius 2 is 2.07 bits per heavy atom. The van der Waals surface area contributed by atoms with Gasteiger partial charge in [0.15, 0.2) is 0 Å². The average molecular weight is 219 g/mol. The lowest BCUT2D eigenvalue weighted by atomic mass is 10.1. The molecule has 0 aromatic heterocycles. The summed E-state index contributed by atoms with van der Waals surface area (Å²) < 4.78 is 0. The van der Waals surface area contributed by atoms with E-state index < -0.39 is 17.9 Å². The second-order valence-corrected chi connectivity index (χ2v) is 3.05. The van der Waals surface area contributed by atoms with E-state index in [2.05, 4.69) is 16.1 Å². The van der Waals surface area contributed by atoms with Crippen molar-refractivity contribution in [2.24, 2.45) is 11.6 Å². The van der Waals surface area contributed by atoms with Gasteiger partial charge in [-0.1, -0.05) is 0 Å². The van der Waals surface area contributed by atoms with Gasteiger partial charge in [0.25, 0.3) is 0 Å². The summed E-state index contributed by atoms with van der Waals surface area (Å²) in [5, 5.41) is 11.1. The number of carboxylic acids is 1. The second-order valence-electron chi connectivity index (χ2n) is 3.05. The molecule has 0 radical (unpaired) electrons. The zero-order chi connectivity index (χ0) is 11.7. The molecule has 0 saturated carbocycles. The lowest BCUT2D eigenvalue weighted by molar-refractivity contribution is -0.142. The molecule has 0 saturated heterocycles. The molecule has 7 nitrogen and oxygen atoms in total. The van der Waals surface area contributed by atoms with Crippen molar-refractivity contribution in [2.75, 3.05) is 13.2 Å². The maximum absolute atomic E-state index is 11.0. The zero-order valence-corrected chi connectivity index (χ0v) is 8.44. The van der Waals surface area contributed by atoms with Gasteiger partial charge >= 0.3 is 5.97 Å². The molecule has 0 unspecified atom stereocenters. The van der Waals surface area contributed by atoms with Crippen molar-refractivity contribution >= 4 is 11.9 Å². The van der Waals surface area contributed by atoms with Crippen LogP contribution in [0.4, 0.5) is 0 Å². The van der Waals surface area contributed by atoms with Gasteiger partial charge in [0.2, 0.25) is 5.91 Å². The SMILES string of the molecule is NCCCC[C@H](NC(=O)CON)C(=O)O. The number of nitrogens with one attached hydrogen (secondary N) is 1. The molecule has 0 rings (SSSR count). The number of aliphatic carboxylic acids is 1. The highest BCUT2D eigenvalue weighted by Crippen LogP contribution is 2.00. The molecule has 1 amide bonds. The van der Waals surface area contributed by atoms with Gasteiger partial charge in [0.1, 0.15) is 12.6 Å². The Morgan fingerprint density at radius 1 is 1.40 bits per heavy atom. The molecule has 0 aliphatic rings. The van der Waals surface area contributed by atoms with Crippen molar-refractivity contribution in [3.63, 3.8) is 0 Å². The van der Waals surface area contributed by atoms with Gasteiger partial charge in [-0.2, -0.15) is 0 Å². The first-order chi connectivity index (χ1) is 7.11. The van der Waals surface area contributed by atoms with E-state index in [9.17, 15) is 9.59 Å². The first kappa shape index (κ1) is 13.8. The van der Waals surface area contributed by atoms with Gasteiger partial charge in [-0.3, -0.25) is 9.63 Å². The van der Waals surface area contributed by atoms with Crippen LogP contribution in [0.1, 0.15) is 19.3 Å². The van der Waals surface area contributed by atoms with Gasteiger partial charge < -0.3 is 16.2 Å². The van der Waals surface area contributed by atoms with Crippen LogP contribution in [-0.4, -0.2) is 36.2 Å². The summed E-state index contributed by atoms with van der Waals surface area (Å²) in [6, 6.07) is -0.904. The third-order valence-corrected chi connectivity index (χ3v) is 1.79. The van der Waals surface area contributed by atoms with Crippen LogP contribution < -0.4 is 16.9 Å². The van der Waals surface area contributed by atoms with Crippen molar-refractivity contribution < 1.29 is 19.5 Å². The Labute approximate surface area is 87.7 Å². The normalized spacial score (nSPS) is 12.1.